The first-order valence-electron chi connectivity index (χ1n) is 11.6. The van der Waals surface area contributed by atoms with Crippen LogP contribution in [0.2, 0.25) is 0 Å². The summed E-state index contributed by atoms with van der Waals surface area (Å²) in [4.78, 5) is 32.7. The van der Waals surface area contributed by atoms with Crippen molar-refractivity contribution in [1.82, 2.24) is 4.57 Å². The fourth-order valence-electron chi connectivity index (χ4n) is 4.36. The predicted molar refractivity (Wildman–Crippen MR) is 139 cm³/mol. The highest BCUT2D eigenvalue weighted by Gasteiger charge is 2.37. The number of benzene rings is 2. The number of fused-ring (bicyclic) bond motifs is 1. The second kappa shape index (κ2) is 10.3. The Labute approximate surface area is 216 Å². The number of rotatable bonds is 7. The number of aromatic nitrogens is 1. The van der Waals surface area contributed by atoms with Crippen molar-refractivity contribution in [3.8, 4) is 11.5 Å². The summed E-state index contributed by atoms with van der Waals surface area (Å²) in [7, 11) is 3.06. The van der Waals surface area contributed by atoms with Crippen LogP contribution in [-0.4, -0.2) is 31.4 Å². The molecule has 9 heteroatoms. The van der Waals surface area contributed by atoms with E-state index in [4.69, 9.17) is 23.6 Å². The minimum Gasteiger partial charge on any atom is -0.493 e. The topological polar surface area (TPSA) is 92.3 Å². The maximum atomic E-state index is 13.8. The van der Waals surface area contributed by atoms with Gasteiger partial charge in [0.05, 0.1) is 42.9 Å². The molecule has 0 radical (unpaired) electrons. The van der Waals surface area contributed by atoms with Crippen LogP contribution in [0.3, 0.4) is 0 Å². The van der Waals surface area contributed by atoms with Gasteiger partial charge in [-0.2, -0.15) is 0 Å². The van der Waals surface area contributed by atoms with E-state index in [0.29, 0.717) is 37.9 Å². The van der Waals surface area contributed by atoms with Gasteiger partial charge in [0.2, 0.25) is 0 Å². The molecule has 0 amide bonds. The number of esters is 1. The monoisotopic (exact) mass is 516 g/mol. The van der Waals surface area contributed by atoms with Crippen molar-refractivity contribution in [3.05, 3.63) is 109 Å². The number of carbonyl (C=O) groups is 1. The van der Waals surface area contributed by atoms with Gasteiger partial charge in [-0.15, -0.1) is 0 Å². The van der Waals surface area contributed by atoms with Gasteiger partial charge in [-0.25, -0.2) is 9.79 Å². The maximum absolute atomic E-state index is 13.8. The molecule has 0 saturated carbocycles. The molecule has 1 aliphatic heterocycles. The minimum absolute atomic E-state index is 0.162. The van der Waals surface area contributed by atoms with Gasteiger partial charge in [0.15, 0.2) is 16.3 Å². The molecule has 0 N–H and O–H groups in total. The average molecular weight is 517 g/mol. The van der Waals surface area contributed by atoms with E-state index in [2.05, 4.69) is 0 Å². The van der Waals surface area contributed by atoms with Crippen molar-refractivity contribution in [2.45, 2.75) is 13.0 Å². The second-order valence-corrected chi connectivity index (χ2v) is 9.04. The van der Waals surface area contributed by atoms with Crippen LogP contribution in [0.4, 0.5) is 0 Å². The zero-order valence-electron chi connectivity index (χ0n) is 20.5. The Morgan fingerprint density at radius 1 is 1.08 bits per heavy atom. The highest BCUT2D eigenvalue weighted by atomic mass is 32.1. The Hall–Kier alpha value is -4.37. The van der Waals surface area contributed by atoms with E-state index >= 15 is 0 Å². The van der Waals surface area contributed by atoms with Gasteiger partial charge >= 0.3 is 5.97 Å². The molecule has 0 bridgehead atoms. The van der Waals surface area contributed by atoms with Crippen molar-refractivity contribution >= 4 is 29.1 Å². The van der Waals surface area contributed by atoms with E-state index in [9.17, 15) is 9.59 Å². The van der Waals surface area contributed by atoms with Crippen LogP contribution in [0.1, 0.15) is 29.9 Å². The quantitative estimate of drug-likeness (QED) is 0.349. The molecular formula is C28H24N2O6S. The molecule has 37 heavy (non-hydrogen) atoms. The Morgan fingerprint density at radius 3 is 2.57 bits per heavy atom. The van der Waals surface area contributed by atoms with Crippen molar-refractivity contribution in [1.29, 1.82) is 0 Å². The Kier molecular flexibility index (Phi) is 6.78. The van der Waals surface area contributed by atoms with Gasteiger partial charge in [0.1, 0.15) is 11.8 Å². The Bertz CT molecular complexity index is 1650. The normalized spacial score (nSPS) is 15.2. The van der Waals surface area contributed by atoms with Crippen LogP contribution in [0.5, 0.6) is 11.5 Å². The number of ether oxygens (including phenoxy) is 3. The predicted octanol–water partition coefficient (Wildman–Crippen LogP) is 3.55. The first kappa shape index (κ1) is 24.3. The van der Waals surface area contributed by atoms with Gasteiger partial charge < -0.3 is 18.6 Å². The van der Waals surface area contributed by atoms with Crippen LogP contribution in [-0.2, 0) is 9.53 Å². The molecule has 3 heterocycles. The summed E-state index contributed by atoms with van der Waals surface area (Å²) in [6.45, 7) is 1.90. The zero-order chi connectivity index (χ0) is 25.9. The lowest BCUT2D eigenvalue weighted by atomic mass is 9.92. The molecule has 1 atom stereocenters. The third-order valence-electron chi connectivity index (χ3n) is 5.92. The summed E-state index contributed by atoms with van der Waals surface area (Å²) >= 11 is 1.22. The minimum atomic E-state index is -0.880. The van der Waals surface area contributed by atoms with Crippen LogP contribution >= 0.6 is 11.3 Å². The van der Waals surface area contributed by atoms with Gasteiger partial charge in [-0.3, -0.25) is 9.36 Å². The molecule has 8 nitrogen and oxygen atoms in total. The molecule has 0 saturated heterocycles. The summed E-state index contributed by atoms with van der Waals surface area (Å²) in [5.74, 6) is 0.847. The van der Waals surface area contributed by atoms with E-state index in [0.717, 1.165) is 5.56 Å². The summed E-state index contributed by atoms with van der Waals surface area (Å²) in [6.07, 6.45) is 3.21. The molecule has 0 fully saturated rings. The summed E-state index contributed by atoms with van der Waals surface area (Å²) < 4.78 is 24.1. The fraction of sp³-hybridized carbons (Fsp3) is 0.179. The number of nitrogens with zero attached hydrogens (tertiary/aromatic N) is 2. The molecule has 5 rings (SSSR count). The highest BCUT2D eigenvalue weighted by Crippen LogP contribution is 2.42. The first-order chi connectivity index (χ1) is 18.1. The van der Waals surface area contributed by atoms with Crippen molar-refractivity contribution in [2.24, 2.45) is 4.99 Å². The van der Waals surface area contributed by atoms with Crippen molar-refractivity contribution in [2.75, 3.05) is 20.8 Å². The number of para-hydroxylation sites is 1. The maximum Gasteiger partial charge on any atom is 0.338 e. The van der Waals surface area contributed by atoms with E-state index < -0.39 is 12.0 Å². The van der Waals surface area contributed by atoms with Crippen molar-refractivity contribution in [3.63, 3.8) is 0 Å². The largest absolute Gasteiger partial charge is 0.493 e. The molecule has 1 aliphatic rings. The smallest absolute Gasteiger partial charge is 0.338 e. The lowest BCUT2D eigenvalue weighted by molar-refractivity contribution is -0.138. The lowest BCUT2D eigenvalue weighted by Gasteiger charge is -2.27. The van der Waals surface area contributed by atoms with Gasteiger partial charge in [-0.1, -0.05) is 53.8 Å². The SMILES string of the molecule is CCOC(=O)C1=C(c2ccccc2)N=c2s/c(=C\c3ccco3)c(=O)n2C1c1cccc(OC)c1OC. The van der Waals surface area contributed by atoms with Gasteiger partial charge in [0, 0.05) is 17.2 Å². The zero-order valence-corrected chi connectivity index (χ0v) is 21.3. The molecule has 0 aliphatic carbocycles. The highest BCUT2D eigenvalue weighted by molar-refractivity contribution is 7.07. The Morgan fingerprint density at radius 2 is 1.89 bits per heavy atom. The number of methoxy groups -OCH3 is 2. The Balaban J connectivity index is 1.89. The van der Waals surface area contributed by atoms with Crippen LogP contribution in [0.25, 0.3) is 11.8 Å². The van der Waals surface area contributed by atoms with Gasteiger partial charge in [-0.05, 0) is 25.1 Å². The average Bonchev–Trinajstić information content (AvgIpc) is 3.55. The first-order valence-corrected chi connectivity index (χ1v) is 12.4. The molecule has 2 aromatic carbocycles. The molecule has 4 aromatic rings. The summed E-state index contributed by atoms with van der Waals surface area (Å²) in [5.41, 5.74) is 1.64. The standard InChI is InChI=1S/C28H24N2O6S/c1-4-35-27(32)22-23(17-10-6-5-7-11-17)29-28-30(26(31)21(37-28)16-18-12-9-15-36-18)24(22)19-13-8-14-20(33-2)25(19)34-3/h5-16,24H,4H2,1-3H3/b21-16-. The fourth-order valence-corrected chi connectivity index (χ4v) is 5.35. The van der Waals surface area contributed by atoms with Crippen LogP contribution in [0.15, 0.2) is 86.7 Å². The van der Waals surface area contributed by atoms with Crippen LogP contribution < -0.4 is 24.4 Å². The van der Waals surface area contributed by atoms with E-state index in [1.165, 1.54) is 30.1 Å². The third-order valence-corrected chi connectivity index (χ3v) is 6.90. The molecule has 188 valence electrons. The summed E-state index contributed by atoms with van der Waals surface area (Å²) in [5, 5.41) is 0. The van der Waals surface area contributed by atoms with Gasteiger partial charge in [0.25, 0.3) is 5.56 Å². The lowest BCUT2D eigenvalue weighted by Crippen LogP contribution is -2.40. The number of hydrogen-bond donors (Lipinski definition) is 0. The van der Waals surface area contributed by atoms with E-state index in [1.807, 2.05) is 36.4 Å². The molecular weight excluding hydrogens is 492 g/mol. The van der Waals surface area contributed by atoms with E-state index in [-0.39, 0.29) is 17.7 Å². The number of furan rings is 1. The molecule has 1 unspecified atom stereocenters. The molecule has 2 aromatic heterocycles. The summed E-state index contributed by atoms with van der Waals surface area (Å²) in [6, 6.07) is 17.4. The molecule has 0 spiro atoms. The number of thiazole rings is 1. The third kappa shape index (κ3) is 4.38. The number of carbonyl (C=O) groups excluding carboxylic acids is 1. The van der Waals surface area contributed by atoms with Crippen LogP contribution in [0, 0.1) is 0 Å². The number of hydrogen-bond acceptors (Lipinski definition) is 8. The van der Waals surface area contributed by atoms with Crippen molar-refractivity contribution < 1.29 is 23.4 Å². The van der Waals surface area contributed by atoms with E-state index in [1.54, 1.807) is 43.5 Å². The second-order valence-electron chi connectivity index (χ2n) is 8.03.